The zero-order chi connectivity index (χ0) is 34.6. The van der Waals surface area contributed by atoms with Crippen LogP contribution in [0, 0.1) is 13.8 Å². The Bertz CT molecular complexity index is 2640. The van der Waals surface area contributed by atoms with E-state index in [0.29, 0.717) is 5.82 Å². The third kappa shape index (κ3) is 3.50. The molecule has 0 saturated carbocycles. The maximum atomic E-state index is 2.69. The van der Waals surface area contributed by atoms with E-state index < -0.39 is 0 Å². The first-order chi connectivity index (χ1) is 24.7. The number of hydrogen-bond donors (Lipinski definition) is 0. The van der Waals surface area contributed by atoms with Crippen molar-refractivity contribution in [2.24, 2.45) is 0 Å². The van der Waals surface area contributed by atoms with Crippen LogP contribution in [0.2, 0.25) is 5.82 Å². The Balaban J connectivity index is 1.25. The molecule has 0 radical (unpaired) electrons. The van der Waals surface area contributed by atoms with E-state index in [2.05, 4.69) is 178 Å². The summed E-state index contributed by atoms with van der Waals surface area (Å²) < 4.78 is 2.60. The number of aryl methyl sites for hydroxylation is 1. The number of anilines is 2. The Morgan fingerprint density at radius 3 is 2.12 bits per heavy atom. The van der Waals surface area contributed by atoms with Crippen LogP contribution in [0.25, 0.3) is 38.8 Å². The largest absolute Gasteiger partial charge is 0.335 e. The van der Waals surface area contributed by atoms with Gasteiger partial charge in [-0.3, -0.25) is 0 Å². The van der Waals surface area contributed by atoms with E-state index in [1.54, 1.807) is 0 Å². The molecule has 0 spiro atoms. The summed E-state index contributed by atoms with van der Waals surface area (Å²) in [6.45, 7) is 14.8. The Morgan fingerprint density at radius 2 is 1.29 bits per heavy atom. The maximum absolute atomic E-state index is 2.69. The standard InChI is InChI=1S/C48H41BN2/c1-28-29(2)50-40-24-15-25-41-43(40)49(46-45(51(41)31-16-8-7-9-17-31)35-19-11-13-23-38(35)48(46,5)6)39-27-30(26-36(28)44(39)50)32-20-14-21-34-33-18-10-12-22-37(33)47(3,4)42(32)34/h7-27,45-46H,1-6H3. The van der Waals surface area contributed by atoms with E-state index in [-0.39, 0.29) is 23.6 Å². The lowest BCUT2D eigenvalue weighted by Gasteiger charge is -2.49. The molecule has 0 saturated heterocycles. The van der Waals surface area contributed by atoms with Gasteiger partial charge in [0, 0.05) is 39.1 Å². The molecule has 4 aliphatic rings. The topological polar surface area (TPSA) is 8.17 Å². The van der Waals surface area contributed by atoms with E-state index in [4.69, 9.17) is 0 Å². The third-order valence-electron chi connectivity index (χ3n) is 13.6. The lowest BCUT2D eigenvalue weighted by molar-refractivity contribution is 0.468. The van der Waals surface area contributed by atoms with Crippen LogP contribution in [0.5, 0.6) is 0 Å². The van der Waals surface area contributed by atoms with Crippen LogP contribution in [-0.2, 0) is 10.8 Å². The van der Waals surface area contributed by atoms with Gasteiger partial charge in [-0.05, 0) is 116 Å². The molecule has 2 unspecified atom stereocenters. The van der Waals surface area contributed by atoms with Crippen molar-refractivity contribution in [3.8, 4) is 27.9 Å². The molecule has 7 aromatic rings. The van der Waals surface area contributed by atoms with Gasteiger partial charge in [-0.15, -0.1) is 0 Å². The minimum absolute atomic E-state index is 0.0530. The second-order valence-corrected chi connectivity index (χ2v) is 16.6. The number of benzene rings is 6. The molecular formula is C48H41BN2. The fourth-order valence-electron chi connectivity index (χ4n) is 11.3. The lowest BCUT2D eigenvalue weighted by atomic mass is 9.27. The van der Waals surface area contributed by atoms with Gasteiger partial charge in [0.2, 0.25) is 6.71 Å². The van der Waals surface area contributed by atoms with E-state index in [0.717, 1.165) is 0 Å². The third-order valence-corrected chi connectivity index (χ3v) is 13.6. The summed E-state index contributed by atoms with van der Waals surface area (Å²) in [5.41, 5.74) is 22.2. The molecule has 0 amide bonds. The van der Waals surface area contributed by atoms with Gasteiger partial charge in [0.1, 0.15) is 0 Å². The van der Waals surface area contributed by atoms with Crippen LogP contribution in [0.1, 0.15) is 67.2 Å². The summed E-state index contributed by atoms with van der Waals surface area (Å²) in [4.78, 5) is 2.69. The van der Waals surface area contributed by atoms with Crippen molar-refractivity contribution in [1.82, 2.24) is 4.57 Å². The summed E-state index contributed by atoms with van der Waals surface area (Å²) in [6, 6.07) is 48.9. The number of hydrogen-bond acceptors (Lipinski definition) is 1. The highest BCUT2D eigenvalue weighted by Crippen LogP contribution is 2.62. The number of rotatable bonds is 2. The molecule has 2 atom stereocenters. The second-order valence-electron chi connectivity index (χ2n) is 16.6. The van der Waals surface area contributed by atoms with Crippen LogP contribution >= 0.6 is 0 Å². The van der Waals surface area contributed by atoms with Gasteiger partial charge < -0.3 is 9.47 Å². The van der Waals surface area contributed by atoms with E-state index >= 15 is 0 Å². The van der Waals surface area contributed by atoms with Crippen molar-refractivity contribution in [3.63, 3.8) is 0 Å². The Morgan fingerprint density at radius 1 is 0.627 bits per heavy atom. The highest BCUT2D eigenvalue weighted by molar-refractivity contribution is 6.91. The van der Waals surface area contributed by atoms with Crippen LogP contribution < -0.4 is 15.8 Å². The van der Waals surface area contributed by atoms with Crippen molar-refractivity contribution in [2.75, 3.05) is 4.90 Å². The molecule has 246 valence electrons. The predicted molar refractivity (Wildman–Crippen MR) is 215 cm³/mol. The SMILES string of the molecule is Cc1c(C)n2c3c(cc(-c4cccc5c4C(C)(C)c4ccccc4-5)cc13)B1c3c(cccc3-2)N(c2ccccc2)C2c3ccccc3C(C)(C)C12. The van der Waals surface area contributed by atoms with Crippen molar-refractivity contribution in [1.29, 1.82) is 0 Å². The predicted octanol–water partition coefficient (Wildman–Crippen LogP) is 10.7. The molecule has 0 bridgehead atoms. The highest BCUT2D eigenvalue weighted by atomic mass is 15.2. The second kappa shape index (κ2) is 9.73. The Hall–Kier alpha value is -5.28. The molecule has 2 aliphatic carbocycles. The minimum atomic E-state index is -0.0907. The molecule has 3 heteroatoms. The summed E-state index contributed by atoms with van der Waals surface area (Å²) in [7, 11) is 0. The van der Waals surface area contributed by atoms with Gasteiger partial charge in [-0.2, -0.15) is 0 Å². The number of nitrogens with zero attached hydrogens (tertiary/aromatic N) is 2. The van der Waals surface area contributed by atoms with E-state index in [1.807, 2.05) is 0 Å². The molecule has 6 aromatic carbocycles. The van der Waals surface area contributed by atoms with Crippen LogP contribution in [-0.4, -0.2) is 11.3 Å². The maximum Gasteiger partial charge on any atom is 0.223 e. The monoisotopic (exact) mass is 656 g/mol. The molecule has 0 fully saturated rings. The van der Waals surface area contributed by atoms with Gasteiger partial charge in [0.05, 0.1) is 6.04 Å². The lowest BCUT2D eigenvalue weighted by Crippen LogP contribution is -2.60. The molecule has 0 N–H and O–H groups in total. The quantitative estimate of drug-likeness (QED) is 0.168. The molecule has 1 aromatic heterocycles. The fraction of sp³-hybridized carbons (Fsp3) is 0.208. The van der Waals surface area contributed by atoms with Gasteiger partial charge in [-0.1, -0.05) is 125 Å². The van der Waals surface area contributed by atoms with Gasteiger partial charge in [0.15, 0.2) is 0 Å². The van der Waals surface area contributed by atoms with E-state index in [1.165, 1.54) is 94.7 Å². The summed E-state index contributed by atoms with van der Waals surface area (Å²) in [6.07, 6.45) is 0. The number of aromatic nitrogens is 1. The first-order valence-electron chi connectivity index (χ1n) is 18.7. The van der Waals surface area contributed by atoms with Crippen molar-refractivity contribution >= 4 is 39.9 Å². The molecule has 51 heavy (non-hydrogen) atoms. The molecule has 2 aliphatic heterocycles. The van der Waals surface area contributed by atoms with Crippen LogP contribution in [0.4, 0.5) is 11.4 Å². The minimum Gasteiger partial charge on any atom is -0.335 e. The Labute approximate surface area is 301 Å². The van der Waals surface area contributed by atoms with Crippen molar-refractivity contribution < 1.29 is 0 Å². The van der Waals surface area contributed by atoms with Crippen LogP contribution in [0.3, 0.4) is 0 Å². The van der Waals surface area contributed by atoms with Gasteiger partial charge >= 0.3 is 0 Å². The summed E-state index contributed by atoms with van der Waals surface area (Å²) >= 11 is 0. The first-order valence-corrected chi connectivity index (χ1v) is 18.7. The average molecular weight is 657 g/mol. The molecular weight excluding hydrogens is 615 g/mol. The normalized spacial score (nSPS) is 19.4. The van der Waals surface area contributed by atoms with Gasteiger partial charge in [0.25, 0.3) is 0 Å². The first kappa shape index (κ1) is 29.5. The Kier molecular flexibility index (Phi) is 5.62. The average Bonchev–Trinajstić information content (AvgIpc) is 3.66. The molecule has 3 heterocycles. The zero-order valence-electron chi connectivity index (χ0n) is 30.3. The molecule has 2 nitrogen and oxygen atoms in total. The van der Waals surface area contributed by atoms with Gasteiger partial charge in [-0.25, -0.2) is 0 Å². The van der Waals surface area contributed by atoms with E-state index in [9.17, 15) is 0 Å². The summed E-state index contributed by atoms with van der Waals surface area (Å²) in [5.74, 6) is 0.327. The number of para-hydroxylation sites is 1. The van der Waals surface area contributed by atoms with Crippen LogP contribution in [0.15, 0.2) is 127 Å². The smallest absolute Gasteiger partial charge is 0.223 e. The fourth-order valence-corrected chi connectivity index (χ4v) is 11.3. The molecule has 11 rings (SSSR count). The highest BCUT2D eigenvalue weighted by Gasteiger charge is 2.59. The van der Waals surface area contributed by atoms with Crippen molar-refractivity contribution in [3.05, 3.63) is 161 Å². The summed E-state index contributed by atoms with van der Waals surface area (Å²) in [5, 5.41) is 1.39. The van der Waals surface area contributed by atoms with Crippen molar-refractivity contribution in [2.45, 2.75) is 64.2 Å². The number of fused-ring (bicyclic) bond motifs is 9. The zero-order valence-corrected chi connectivity index (χ0v) is 30.3.